The van der Waals surface area contributed by atoms with Crippen molar-refractivity contribution in [2.24, 2.45) is 5.92 Å². The molecule has 1 rings (SSSR count). The van der Waals surface area contributed by atoms with Crippen molar-refractivity contribution in [3.63, 3.8) is 0 Å². The highest BCUT2D eigenvalue weighted by atomic mass is 19.1. The van der Waals surface area contributed by atoms with Crippen LogP contribution in [0.4, 0.5) is 4.39 Å². The molecular formula is C17H29FN2O5. The van der Waals surface area contributed by atoms with Gasteiger partial charge in [0.05, 0.1) is 5.92 Å². The highest BCUT2D eigenvalue weighted by Crippen LogP contribution is 2.27. The number of alkyl halides is 1. The van der Waals surface area contributed by atoms with Gasteiger partial charge in [0, 0.05) is 6.54 Å². The SMILES string of the molecule is CCCCC(C(=O)N1CCC[C@H]1C(=O)OC(C)(C)C)C(F)C(=O)NO. The van der Waals surface area contributed by atoms with Crippen LogP contribution in [0.15, 0.2) is 0 Å². The number of unbranched alkanes of at least 4 members (excludes halogenated alkanes) is 1. The van der Waals surface area contributed by atoms with Gasteiger partial charge >= 0.3 is 5.97 Å². The Labute approximate surface area is 147 Å². The van der Waals surface area contributed by atoms with E-state index in [0.29, 0.717) is 25.8 Å². The molecule has 1 saturated heterocycles. The van der Waals surface area contributed by atoms with Crippen LogP contribution in [0.3, 0.4) is 0 Å². The molecule has 0 aromatic rings. The summed E-state index contributed by atoms with van der Waals surface area (Å²) in [4.78, 5) is 37.9. The van der Waals surface area contributed by atoms with Crippen LogP contribution in [0.1, 0.15) is 59.8 Å². The summed E-state index contributed by atoms with van der Waals surface area (Å²) in [5, 5.41) is 8.66. The first kappa shape index (κ1) is 21.3. The molecule has 0 aromatic carbocycles. The van der Waals surface area contributed by atoms with Gasteiger partial charge in [0.2, 0.25) is 5.91 Å². The summed E-state index contributed by atoms with van der Waals surface area (Å²) < 4.78 is 19.7. The van der Waals surface area contributed by atoms with Crippen LogP contribution in [0, 0.1) is 5.92 Å². The van der Waals surface area contributed by atoms with Gasteiger partial charge in [0.25, 0.3) is 5.91 Å². The maximum Gasteiger partial charge on any atom is 0.329 e. The number of rotatable bonds is 7. The fourth-order valence-corrected chi connectivity index (χ4v) is 2.92. The van der Waals surface area contributed by atoms with E-state index in [9.17, 15) is 18.8 Å². The van der Waals surface area contributed by atoms with Crippen molar-refractivity contribution >= 4 is 17.8 Å². The molecule has 0 aliphatic carbocycles. The highest BCUT2D eigenvalue weighted by molar-refractivity contribution is 5.91. The normalized spacial score (nSPS) is 20.1. The van der Waals surface area contributed by atoms with E-state index in [1.165, 1.54) is 10.4 Å². The molecule has 0 radical (unpaired) electrons. The van der Waals surface area contributed by atoms with Crippen molar-refractivity contribution in [1.29, 1.82) is 0 Å². The molecule has 0 aromatic heterocycles. The van der Waals surface area contributed by atoms with E-state index in [4.69, 9.17) is 9.94 Å². The number of esters is 1. The Morgan fingerprint density at radius 2 is 2.00 bits per heavy atom. The van der Waals surface area contributed by atoms with Gasteiger partial charge in [-0.25, -0.2) is 14.7 Å². The van der Waals surface area contributed by atoms with Crippen LogP contribution in [0.25, 0.3) is 0 Å². The number of amides is 2. The number of halogens is 1. The van der Waals surface area contributed by atoms with Gasteiger partial charge in [-0.2, -0.15) is 0 Å². The first-order valence-electron chi connectivity index (χ1n) is 8.73. The third kappa shape index (κ3) is 5.95. The molecule has 0 saturated carbocycles. The second-order valence-corrected chi connectivity index (χ2v) is 7.35. The summed E-state index contributed by atoms with van der Waals surface area (Å²) >= 11 is 0. The van der Waals surface area contributed by atoms with Crippen molar-refractivity contribution in [2.45, 2.75) is 77.6 Å². The van der Waals surface area contributed by atoms with E-state index in [0.717, 1.165) is 6.42 Å². The Bertz CT molecular complexity index is 492. The summed E-state index contributed by atoms with van der Waals surface area (Å²) in [5.41, 5.74) is 0.571. The molecule has 25 heavy (non-hydrogen) atoms. The lowest BCUT2D eigenvalue weighted by molar-refractivity contribution is -0.164. The number of likely N-dealkylation sites (tertiary alicyclic amines) is 1. The molecular weight excluding hydrogens is 331 g/mol. The fourth-order valence-electron chi connectivity index (χ4n) is 2.92. The molecule has 144 valence electrons. The minimum Gasteiger partial charge on any atom is -0.458 e. The third-order valence-electron chi connectivity index (χ3n) is 4.11. The zero-order chi connectivity index (χ0) is 19.2. The number of nitrogens with one attached hydrogen (secondary N) is 1. The predicted octanol–water partition coefficient (Wildman–Crippen LogP) is 1.97. The van der Waals surface area contributed by atoms with E-state index in [1.54, 1.807) is 20.8 Å². The van der Waals surface area contributed by atoms with Crippen molar-refractivity contribution in [1.82, 2.24) is 10.4 Å². The van der Waals surface area contributed by atoms with Gasteiger partial charge in [0.15, 0.2) is 6.17 Å². The molecule has 8 heteroatoms. The maximum absolute atomic E-state index is 14.4. The van der Waals surface area contributed by atoms with Crippen LogP contribution in [0.5, 0.6) is 0 Å². The Hall–Kier alpha value is -1.70. The lowest BCUT2D eigenvalue weighted by Gasteiger charge is -2.30. The van der Waals surface area contributed by atoms with Crippen LogP contribution in [-0.4, -0.2) is 52.3 Å². The molecule has 3 atom stereocenters. The molecule has 1 aliphatic heterocycles. The highest BCUT2D eigenvalue weighted by Gasteiger charge is 2.42. The van der Waals surface area contributed by atoms with Crippen molar-refractivity contribution < 1.29 is 28.7 Å². The molecule has 1 heterocycles. The van der Waals surface area contributed by atoms with Crippen LogP contribution >= 0.6 is 0 Å². The van der Waals surface area contributed by atoms with Gasteiger partial charge in [-0.1, -0.05) is 19.8 Å². The zero-order valence-corrected chi connectivity index (χ0v) is 15.4. The lowest BCUT2D eigenvalue weighted by atomic mass is 9.94. The maximum atomic E-state index is 14.4. The van der Waals surface area contributed by atoms with E-state index in [-0.39, 0.29) is 6.42 Å². The first-order chi connectivity index (χ1) is 11.6. The average molecular weight is 360 g/mol. The van der Waals surface area contributed by atoms with Crippen LogP contribution in [-0.2, 0) is 19.1 Å². The number of hydrogen-bond acceptors (Lipinski definition) is 5. The van der Waals surface area contributed by atoms with Crippen molar-refractivity contribution in [3.05, 3.63) is 0 Å². The molecule has 1 aliphatic rings. The average Bonchev–Trinajstić information content (AvgIpc) is 3.02. The molecule has 1 fully saturated rings. The van der Waals surface area contributed by atoms with Gasteiger partial charge in [-0.05, 0) is 40.0 Å². The van der Waals surface area contributed by atoms with Crippen molar-refractivity contribution in [2.75, 3.05) is 6.54 Å². The molecule has 0 spiro atoms. The second-order valence-electron chi connectivity index (χ2n) is 7.35. The van der Waals surface area contributed by atoms with E-state index < -0.39 is 41.5 Å². The molecule has 2 unspecified atom stereocenters. The Morgan fingerprint density at radius 3 is 2.52 bits per heavy atom. The lowest BCUT2D eigenvalue weighted by Crippen LogP contribution is -2.49. The zero-order valence-electron chi connectivity index (χ0n) is 15.4. The summed E-state index contributed by atoms with van der Waals surface area (Å²) in [7, 11) is 0. The van der Waals surface area contributed by atoms with Gasteiger partial charge in [0.1, 0.15) is 11.6 Å². The van der Waals surface area contributed by atoms with E-state index in [2.05, 4.69) is 0 Å². The number of ether oxygens (including phenoxy) is 1. The molecule has 2 N–H and O–H groups in total. The molecule has 2 amide bonds. The Kier molecular flexibility index (Phi) is 7.79. The number of nitrogens with zero attached hydrogens (tertiary/aromatic N) is 1. The standard InChI is InChI=1S/C17H29FN2O5/c1-5-6-8-11(13(18)14(21)19-24)15(22)20-10-7-9-12(20)16(23)25-17(2,3)4/h11-13,24H,5-10H2,1-4H3,(H,19,21)/t11?,12-,13?/m0/s1. The summed E-state index contributed by atoms with van der Waals surface area (Å²) in [5.74, 6) is -3.58. The van der Waals surface area contributed by atoms with Gasteiger partial charge < -0.3 is 9.64 Å². The third-order valence-corrected chi connectivity index (χ3v) is 4.11. The van der Waals surface area contributed by atoms with Crippen molar-refractivity contribution in [3.8, 4) is 0 Å². The molecule has 7 nitrogen and oxygen atoms in total. The first-order valence-corrected chi connectivity index (χ1v) is 8.73. The van der Waals surface area contributed by atoms with Crippen LogP contribution in [0.2, 0.25) is 0 Å². The number of hydrogen-bond donors (Lipinski definition) is 2. The van der Waals surface area contributed by atoms with Gasteiger partial charge in [-0.15, -0.1) is 0 Å². The Morgan fingerprint density at radius 1 is 1.36 bits per heavy atom. The predicted molar refractivity (Wildman–Crippen MR) is 88.4 cm³/mol. The monoisotopic (exact) mass is 360 g/mol. The van der Waals surface area contributed by atoms with Crippen LogP contribution < -0.4 is 5.48 Å². The quantitative estimate of drug-likeness (QED) is 0.411. The largest absolute Gasteiger partial charge is 0.458 e. The molecule has 0 bridgehead atoms. The number of carbonyl (C=O) groups is 3. The summed E-state index contributed by atoms with van der Waals surface area (Å²) in [6.45, 7) is 7.41. The smallest absolute Gasteiger partial charge is 0.329 e. The number of hydroxylamine groups is 1. The number of carbonyl (C=O) groups excluding carboxylic acids is 3. The Balaban J connectivity index is 2.93. The van der Waals surface area contributed by atoms with E-state index in [1.807, 2.05) is 6.92 Å². The van der Waals surface area contributed by atoms with Gasteiger partial charge in [-0.3, -0.25) is 14.8 Å². The topological polar surface area (TPSA) is 95.9 Å². The minimum absolute atomic E-state index is 0.168. The second kappa shape index (κ2) is 9.12. The summed E-state index contributed by atoms with van der Waals surface area (Å²) in [6.07, 6.45) is 0.349. The van der Waals surface area contributed by atoms with E-state index >= 15 is 0 Å². The fraction of sp³-hybridized carbons (Fsp3) is 0.824. The summed E-state index contributed by atoms with van der Waals surface area (Å²) in [6, 6.07) is -0.764. The minimum atomic E-state index is -2.16.